The molecule has 1 fully saturated rings. The molecule has 0 amide bonds. The van der Waals surface area contributed by atoms with Crippen LogP contribution in [0.3, 0.4) is 0 Å². The van der Waals surface area contributed by atoms with Gasteiger partial charge in [0.2, 0.25) is 0 Å². The molecule has 0 aliphatic heterocycles. The minimum Gasteiger partial charge on any atom is -0.102 e. The van der Waals surface area contributed by atoms with Gasteiger partial charge >= 0.3 is 0 Å². The molecule has 0 aromatic heterocycles. The van der Waals surface area contributed by atoms with Gasteiger partial charge in [-0.3, -0.25) is 0 Å². The molecule has 1 saturated carbocycles. The maximum absolute atomic E-state index is 5.58. The molecule has 0 heterocycles. The largest absolute Gasteiger partial charge is 0.102 e. The lowest BCUT2D eigenvalue weighted by atomic mass is 9.69. The van der Waals surface area contributed by atoms with Crippen molar-refractivity contribution in [1.82, 2.24) is 0 Å². The number of allylic oxidation sites excluding steroid dienone is 2. The van der Waals surface area contributed by atoms with Crippen LogP contribution in [-0.4, -0.2) is 0 Å². The van der Waals surface area contributed by atoms with Gasteiger partial charge in [-0.15, -0.1) is 6.58 Å². The first-order valence-corrected chi connectivity index (χ1v) is 7.15. The Kier molecular flexibility index (Phi) is 5.49. The molecule has 1 rings (SSSR count). The van der Waals surface area contributed by atoms with Gasteiger partial charge in [0.15, 0.2) is 0 Å². The van der Waals surface area contributed by atoms with Crippen LogP contribution in [0.4, 0.5) is 0 Å². The van der Waals surface area contributed by atoms with Crippen LogP contribution in [0.1, 0.15) is 59.3 Å². The highest BCUT2D eigenvalue weighted by Gasteiger charge is 2.29. The smallest absolute Gasteiger partial charge is 0.00530 e. The van der Waals surface area contributed by atoms with Crippen molar-refractivity contribution in [3.8, 4) is 0 Å². The minimum absolute atomic E-state index is 0.412. The fourth-order valence-electron chi connectivity index (χ4n) is 3.04. The predicted octanol–water partition coefficient (Wildman–Crippen LogP) is 5.41. The van der Waals surface area contributed by atoms with Crippen LogP contribution in [0.5, 0.6) is 0 Å². The van der Waals surface area contributed by atoms with Gasteiger partial charge < -0.3 is 0 Å². The summed E-state index contributed by atoms with van der Waals surface area (Å²) in [6.45, 7) is 16.6. The van der Waals surface area contributed by atoms with Gasteiger partial charge in [0, 0.05) is 0 Å². The lowest BCUT2D eigenvalue weighted by Crippen LogP contribution is -2.25. The van der Waals surface area contributed by atoms with Crippen LogP contribution in [0.25, 0.3) is 0 Å². The van der Waals surface area contributed by atoms with Crippen molar-refractivity contribution in [2.75, 3.05) is 0 Å². The van der Waals surface area contributed by atoms with E-state index in [0.29, 0.717) is 11.3 Å². The van der Waals surface area contributed by atoms with Crippen molar-refractivity contribution >= 4 is 0 Å². The zero-order valence-corrected chi connectivity index (χ0v) is 11.9. The van der Waals surface area contributed by atoms with Crippen LogP contribution < -0.4 is 0 Å². The van der Waals surface area contributed by atoms with Crippen molar-refractivity contribution in [1.29, 1.82) is 0 Å². The summed E-state index contributed by atoms with van der Waals surface area (Å²) >= 11 is 0. The highest BCUT2D eigenvalue weighted by Crippen LogP contribution is 2.41. The van der Waals surface area contributed by atoms with E-state index in [4.69, 9.17) is 6.58 Å². The van der Waals surface area contributed by atoms with Gasteiger partial charge in [-0.25, -0.2) is 0 Å². The Bertz CT molecular complexity index is 227. The molecule has 1 unspecified atom stereocenters. The molecule has 0 aromatic rings. The second kappa shape index (κ2) is 6.42. The Morgan fingerprint density at radius 3 is 2.24 bits per heavy atom. The van der Waals surface area contributed by atoms with Crippen molar-refractivity contribution < 1.29 is 0 Å². The third kappa shape index (κ3) is 4.69. The topological polar surface area (TPSA) is 0 Å². The first-order valence-electron chi connectivity index (χ1n) is 7.15. The lowest BCUT2D eigenvalue weighted by molar-refractivity contribution is 0.145. The number of hydrogen-bond acceptors (Lipinski definition) is 0. The number of rotatable bonds is 5. The molecule has 0 spiro atoms. The summed E-state index contributed by atoms with van der Waals surface area (Å²) in [6, 6.07) is 0. The summed E-state index contributed by atoms with van der Waals surface area (Å²) in [4.78, 5) is 0. The molecule has 17 heavy (non-hydrogen) atoms. The highest BCUT2D eigenvalue weighted by molar-refractivity contribution is 4.91. The van der Waals surface area contributed by atoms with E-state index in [9.17, 15) is 0 Å². The van der Waals surface area contributed by atoms with Crippen molar-refractivity contribution in [2.45, 2.75) is 59.3 Å². The molecular weight excluding hydrogens is 204 g/mol. The number of hydrogen-bond donors (Lipinski definition) is 0. The molecule has 0 aromatic carbocycles. The second-order valence-electron chi connectivity index (χ2n) is 6.75. The van der Waals surface area contributed by atoms with E-state index in [0.717, 1.165) is 11.8 Å². The van der Waals surface area contributed by atoms with Crippen LogP contribution in [0.2, 0.25) is 0 Å². The fraction of sp³-hybridized carbons (Fsp3) is 0.765. The van der Waals surface area contributed by atoms with Crippen molar-refractivity contribution in [3.63, 3.8) is 0 Å². The molecule has 0 N–H and O–H groups in total. The molecule has 0 nitrogen and oxygen atoms in total. The Labute approximate surface area is 108 Å². The average molecular weight is 233 g/mol. The van der Waals surface area contributed by atoms with Gasteiger partial charge in [-0.1, -0.05) is 52.3 Å². The zero-order chi connectivity index (χ0) is 12.9. The van der Waals surface area contributed by atoms with E-state index in [1.165, 1.54) is 38.5 Å². The minimum atomic E-state index is 0.412. The monoisotopic (exact) mass is 233 g/mol. The van der Waals surface area contributed by atoms with Crippen LogP contribution >= 0.6 is 0 Å². The fourth-order valence-corrected chi connectivity index (χ4v) is 3.04. The van der Waals surface area contributed by atoms with Gasteiger partial charge in [0.1, 0.15) is 0 Å². The summed E-state index contributed by atoms with van der Waals surface area (Å²) in [5.74, 6) is 2.27. The maximum Gasteiger partial charge on any atom is -0.00530 e. The van der Waals surface area contributed by atoms with Gasteiger partial charge in [0.05, 0.1) is 0 Å². The van der Waals surface area contributed by atoms with E-state index in [2.05, 4.69) is 27.4 Å². The molecule has 97 valence electrons. The quantitative estimate of drug-likeness (QED) is 0.557. The van der Waals surface area contributed by atoms with Gasteiger partial charge in [0.25, 0.3) is 0 Å². The third-order valence-electron chi connectivity index (χ3n) is 4.53. The maximum atomic E-state index is 5.58. The Morgan fingerprint density at radius 2 is 1.82 bits per heavy atom. The Hall–Kier alpha value is -0.520. The summed E-state index contributed by atoms with van der Waals surface area (Å²) in [6.07, 6.45) is 11.9. The van der Waals surface area contributed by atoms with Crippen LogP contribution in [-0.2, 0) is 0 Å². The molecular formula is C17H29. The van der Waals surface area contributed by atoms with Gasteiger partial charge in [-0.2, -0.15) is 0 Å². The van der Waals surface area contributed by atoms with E-state index in [1.54, 1.807) is 6.08 Å². The molecule has 1 radical (unpaired) electrons. The SMILES string of the molecule is [CH]=CC(C=C)CCC1CCC(C(C)(C)C)CC1. The van der Waals surface area contributed by atoms with Crippen molar-refractivity contribution in [2.24, 2.45) is 23.2 Å². The average Bonchev–Trinajstić information content (AvgIpc) is 2.30. The Balaban J connectivity index is 2.28. The molecule has 0 heteroatoms. The molecule has 1 aliphatic carbocycles. The summed E-state index contributed by atoms with van der Waals surface area (Å²) in [7, 11) is 0. The molecule has 1 atom stereocenters. The summed E-state index contributed by atoms with van der Waals surface area (Å²) in [5, 5.41) is 0. The summed E-state index contributed by atoms with van der Waals surface area (Å²) in [5.41, 5.74) is 0.500. The van der Waals surface area contributed by atoms with Crippen LogP contribution in [0.15, 0.2) is 18.7 Å². The lowest BCUT2D eigenvalue weighted by Gasteiger charge is -2.37. The van der Waals surface area contributed by atoms with E-state index in [-0.39, 0.29) is 0 Å². The normalized spacial score (nSPS) is 27.5. The molecule has 0 bridgehead atoms. The third-order valence-corrected chi connectivity index (χ3v) is 4.53. The summed E-state index contributed by atoms with van der Waals surface area (Å²) < 4.78 is 0. The second-order valence-corrected chi connectivity index (χ2v) is 6.75. The predicted molar refractivity (Wildman–Crippen MR) is 76.7 cm³/mol. The highest BCUT2D eigenvalue weighted by atomic mass is 14.3. The molecule has 0 saturated heterocycles. The van der Waals surface area contributed by atoms with E-state index >= 15 is 0 Å². The van der Waals surface area contributed by atoms with Crippen molar-refractivity contribution in [3.05, 3.63) is 25.3 Å². The zero-order valence-electron chi connectivity index (χ0n) is 11.9. The standard InChI is InChI=1S/C17H29/c1-6-14(7-2)8-9-15-10-12-16(13-11-15)17(3,4)5/h1,6-7,14-16H,2,8-13H2,3-5H3. The van der Waals surface area contributed by atoms with E-state index < -0.39 is 0 Å². The Morgan fingerprint density at radius 1 is 1.24 bits per heavy atom. The van der Waals surface area contributed by atoms with Crippen LogP contribution in [0, 0.1) is 29.7 Å². The van der Waals surface area contributed by atoms with Gasteiger partial charge in [-0.05, 0) is 48.9 Å². The molecule has 1 aliphatic rings. The first-order chi connectivity index (χ1) is 7.97. The first kappa shape index (κ1) is 14.5. The van der Waals surface area contributed by atoms with E-state index in [1.807, 2.05) is 6.08 Å².